The summed E-state index contributed by atoms with van der Waals surface area (Å²) >= 11 is 0. The Morgan fingerprint density at radius 3 is 2.92 bits per heavy atom. The lowest BCUT2D eigenvalue weighted by Crippen LogP contribution is -2.48. The van der Waals surface area contributed by atoms with Gasteiger partial charge in [-0.25, -0.2) is 9.37 Å². The van der Waals surface area contributed by atoms with Crippen LogP contribution in [0.1, 0.15) is 34.6 Å². The number of aromatic nitrogens is 2. The summed E-state index contributed by atoms with van der Waals surface area (Å²) < 4.78 is 14.2. The number of nitrogens with one attached hydrogen (secondary N) is 1. The third-order valence-corrected chi connectivity index (χ3v) is 4.19. The van der Waals surface area contributed by atoms with E-state index in [0.29, 0.717) is 24.3 Å². The van der Waals surface area contributed by atoms with E-state index in [4.69, 9.17) is 5.26 Å². The van der Waals surface area contributed by atoms with Crippen molar-refractivity contribution in [1.82, 2.24) is 15.3 Å². The fourth-order valence-corrected chi connectivity index (χ4v) is 2.92. The van der Waals surface area contributed by atoms with Gasteiger partial charge in [0.1, 0.15) is 11.5 Å². The van der Waals surface area contributed by atoms with E-state index in [-0.39, 0.29) is 17.6 Å². The van der Waals surface area contributed by atoms with Gasteiger partial charge in [-0.05, 0) is 38.0 Å². The molecule has 1 aliphatic heterocycles. The maximum atomic E-state index is 14.2. The summed E-state index contributed by atoms with van der Waals surface area (Å²) in [6, 6.07) is 6.28. The molecule has 1 amide bonds. The predicted molar refractivity (Wildman–Crippen MR) is 90.6 cm³/mol. The van der Waals surface area contributed by atoms with Gasteiger partial charge in [0.15, 0.2) is 0 Å². The quantitative estimate of drug-likeness (QED) is 0.927. The average Bonchev–Trinajstić information content (AvgIpc) is 2.62. The van der Waals surface area contributed by atoms with E-state index in [0.717, 1.165) is 18.5 Å². The molecule has 0 bridgehead atoms. The Bertz CT molecular complexity index is 815. The second-order valence-electron chi connectivity index (χ2n) is 6.08. The number of nitriles is 1. The van der Waals surface area contributed by atoms with Crippen LogP contribution in [0, 0.1) is 24.1 Å². The minimum atomic E-state index is -0.421. The highest BCUT2D eigenvalue weighted by atomic mass is 19.1. The van der Waals surface area contributed by atoms with Gasteiger partial charge < -0.3 is 10.2 Å². The van der Waals surface area contributed by atoms with Crippen molar-refractivity contribution in [3.05, 3.63) is 53.4 Å². The number of amides is 1. The van der Waals surface area contributed by atoms with E-state index < -0.39 is 5.82 Å². The van der Waals surface area contributed by atoms with E-state index in [1.807, 2.05) is 11.0 Å². The number of hydrogen-bond donors (Lipinski definition) is 1. The van der Waals surface area contributed by atoms with Crippen LogP contribution in [-0.4, -0.2) is 35.0 Å². The second-order valence-corrected chi connectivity index (χ2v) is 6.08. The van der Waals surface area contributed by atoms with Gasteiger partial charge in [0.2, 0.25) is 0 Å². The first-order valence-electron chi connectivity index (χ1n) is 8.11. The van der Waals surface area contributed by atoms with Gasteiger partial charge in [0.25, 0.3) is 5.91 Å². The number of aryl methyl sites for hydroxylation is 1. The van der Waals surface area contributed by atoms with E-state index in [2.05, 4.69) is 15.3 Å². The highest BCUT2D eigenvalue weighted by Gasteiger charge is 2.24. The van der Waals surface area contributed by atoms with Crippen molar-refractivity contribution in [1.29, 1.82) is 5.26 Å². The molecule has 1 atom stereocenters. The molecular weight excluding hydrogens is 321 g/mol. The molecule has 1 fully saturated rings. The summed E-state index contributed by atoms with van der Waals surface area (Å²) in [5.74, 6) is -0.699. The fourth-order valence-electron chi connectivity index (χ4n) is 2.92. The summed E-state index contributed by atoms with van der Waals surface area (Å²) in [4.78, 5) is 22.3. The Morgan fingerprint density at radius 1 is 1.40 bits per heavy atom. The number of rotatable bonds is 3. The van der Waals surface area contributed by atoms with Crippen molar-refractivity contribution < 1.29 is 9.18 Å². The van der Waals surface area contributed by atoms with Crippen molar-refractivity contribution in [3.63, 3.8) is 0 Å². The van der Waals surface area contributed by atoms with Crippen LogP contribution >= 0.6 is 0 Å². The van der Waals surface area contributed by atoms with Crippen molar-refractivity contribution >= 4 is 11.6 Å². The smallest absolute Gasteiger partial charge is 0.271 e. The minimum Gasteiger partial charge on any atom is -0.367 e. The Kier molecular flexibility index (Phi) is 4.89. The highest BCUT2D eigenvalue weighted by Crippen LogP contribution is 2.24. The van der Waals surface area contributed by atoms with Crippen molar-refractivity contribution in [2.24, 2.45) is 0 Å². The van der Waals surface area contributed by atoms with Crippen LogP contribution in [-0.2, 0) is 0 Å². The molecule has 1 N–H and O–H groups in total. The monoisotopic (exact) mass is 339 g/mol. The maximum absolute atomic E-state index is 14.2. The third kappa shape index (κ3) is 3.91. The molecule has 2 aromatic rings. The van der Waals surface area contributed by atoms with Crippen LogP contribution in [0.15, 0.2) is 30.6 Å². The number of carbonyl (C=O) groups is 1. The highest BCUT2D eigenvalue weighted by molar-refractivity contribution is 5.92. The van der Waals surface area contributed by atoms with E-state index in [1.54, 1.807) is 25.3 Å². The Morgan fingerprint density at radius 2 is 2.24 bits per heavy atom. The number of nitrogens with zero attached hydrogens (tertiary/aromatic N) is 4. The zero-order valence-corrected chi connectivity index (χ0v) is 13.9. The summed E-state index contributed by atoms with van der Waals surface area (Å²) in [6.45, 7) is 3.02. The molecule has 3 rings (SSSR count). The SMILES string of the molecule is Cc1cnc(C(=O)N[C@H]2CCCN(c3ccc(C#N)cc3F)C2)cn1. The molecule has 6 nitrogen and oxygen atoms in total. The lowest BCUT2D eigenvalue weighted by Gasteiger charge is -2.34. The number of hydrogen-bond acceptors (Lipinski definition) is 5. The first-order valence-corrected chi connectivity index (χ1v) is 8.11. The van der Waals surface area contributed by atoms with Crippen LogP contribution in [0.4, 0.5) is 10.1 Å². The van der Waals surface area contributed by atoms with Gasteiger partial charge in [-0.3, -0.25) is 9.78 Å². The topological polar surface area (TPSA) is 81.9 Å². The number of anilines is 1. The molecule has 0 unspecified atom stereocenters. The van der Waals surface area contributed by atoms with Crippen molar-refractivity contribution in [2.45, 2.75) is 25.8 Å². The molecule has 1 saturated heterocycles. The minimum absolute atomic E-state index is 0.0978. The van der Waals surface area contributed by atoms with Crippen LogP contribution < -0.4 is 10.2 Å². The zero-order valence-electron chi connectivity index (χ0n) is 13.9. The molecule has 7 heteroatoms. The molecule has 128 valence electrons. The Labute approximate surface area is 145 Å². The normalized spacial score (nSPS) is 17.0. The standard InChI is InChI=1S/C18H18FN5O/c1-12-9-22-16(10-21-12)18(25)23-14-3-2-6-24(11-14)17-5-4-13(8-20)7-15(17)19/h4-5,7,9-10,14H,2-3,6,11H2,1H3,(H,23,25)/t14-/m0/s1. The number of benzene rings is 1. The fraction of sp³-hybridized carbons (Fsp3) is 0.333. The Hall–Kier alpha value is -3.01. The lowest BCUT2D eigenvalue weighted by atomic mass is 10.0. The van der Waals surface area contributed by atoms with E-state index in [1.165, 1.54) is 12.3 Å². The first kappa shape index (κ1) is 16.8. The lowest BCUT2D eigenvalue weighted by molar-refractivity contribution is 0.0927. The van der Waals surface area contributed by atoms with Crippen LogP contribution in [0.3, 0.4) is 0 Å². The van der Waals surface area contributed by atoms with Crippen molar-refractivity contribution in [2.75, 3.05) is 18.0 Å². The van der Waals surface area contributed by atoms with Gasteiger partial charge in [0.05, 0.1) is 29.2 Å². The van der Waals surface area contributed by atoms with E-state index >= 15 is 0 Å². The van der Waals surface area contributed by atoms with Gasteiger partial charge in [-0.2, -0.15) is 5.26 Å². The first-order chi connectivity index (χ1) is 12.1. The predicted octanol–water partition coefficient (Wildman–Crippen LogP) is 2.19. The van der Waals surface area contributed by atoms with Crippen LogP contribution in [0.5, 0.6) is 0 Å². The van der Waals surface area contributed by atoms with Crippen LogP contribution in [0.2, 0.25) is 0 Å². The van der Waals surface area contributed by atoms with Gasteiger partial charge in [-0.1, -0.05) is 0 Å². The van der Waals surface area contributed by atoms with Gasteiger partial charge in [-0.15, -0.1) is 0 Å². The molecular formula is C18H18FN5O. The Balaban J connectivity index is 1.68. The summed E-state index contributed by atoms with van der Waals surface area (Å²) in [5.41, 5.74) is 1.76. The van der Waals surface area contributed by atoms with Crippen molar-refractivity contribution in [3.8, 4) is 6.07 Å². The van der Waals surface area contributed by atoms with Gasteiger partial charge in [0, 0.05) is 25.3 Å². The van der Waals surface area contributed by atoms with Crippen LogP contribution in [0.25, 0.3) is 0 Å². The number of piperidine rings is 1. The maximum Gasteiger partial charge on any atom is 0.271 e. The molecule has 1 aliphatic rings. The summed E-state index contributed by atoms with van der Waals surface area (Å²) in [7, 11) is 0. The number of carbonyl (C=O) groups excluding carboxylic acids is 1. The average molecular weight is 339 g/mol. The molecule has 1 aromatic carbocycles. The molecule has 0 saturated carbocycles. The molecule has 0 radical (unpaired) electrons. The summed E-state index contributed by atoms with van der Waals surface area (Å²) in [6.07, 6.45) is 4.66. The molecule has 1 aromatic heterocycles. The third-order valence-electron chi connectivity index (χ3n) is 4.19. The molecule has 0 spiro atoms. The molecule has 25 heavy (non-hydrogen) atoms. The largest absolute Gasteiger partial charge is 0.367 e. The number of halogens is 1. The molecule has 2 heterocycles. The van der Waals surface area contributed by atoms with Gasteiger partial charge >= 0.3 is 0 Å². The molecule has 0 aliphatic carbocycles. The zero-order chi connectivity index (χ0) is 17.8. The summed E-state index contributed by atoms with van der Waals surface area (Å²) in [5, 5.41) is 11.8. The second kappa shape index (κ2) is 7.26. The van der Waals surface area contributed by atoms with E-state index in [9.17, 15) is 9.18 Å².